The molecule has 2 N–H and O–H groups in total. The zero-order valence-corrected chi connectivity index (χ0v) is 14.9. The Morgan fingerprint density at radius 2 is 1.62 bits per heavy atom. The fourth-order valence-corrected chi connectivity index (χ4v) is 2.96. The summed E-state index contributed by atoms with van der Waals surface area (Å²) in [5.41, 5.74) is 4.91. The fourth-order valence-electron chi connectivity index (χ4n) is 2.02. The summed E-state index contributed by atoms with van der Waals surface area (Å²) in [6, 6.07) is 14.7. The second-order valence-electron chi connectivity index (χ2n) is 5.07. The summed E-state index contributed by atoms with van der Waals surface area (Å²) >= 11 is 0. The molecule has 0 fully saturated rings. The van der Waals surface area contributed by atoms with E-state index in [0.29, 0.717) is 16.2 Å². The number of ether oxygens (including phenoxy) is 1. The maximum absolute atomic E-state index is 12.1. The molecule has 2 aromatic rings. The minimum atomic E-state index is -1.33. The standard InChI is InChI=1S/C18H18N2O5S/c1-2-26(24)15-11-7-6-10-14(15)18(23)25-12-16(21)19-20-17(22)13-8-4-3-5-9-13/h3-11H,2,12H2,1H3,(H,19,21)(H,20,22)/t26-/m0/s1. The van der Waals surface area contributed by atoms with Gasteiger partial charge in [-0.1, -0.05) is 37.3 Å². The Labute approximate surface area is 153 Å². The van der Waals surface area contributed by atoms with Crippen molar-refractivity contribution in [1.82, 2.24) is 10.9 Å². The summed E-state index contributed by atoms with van der Waals surface area (Å²) in [6.07, 6.45) is 0. The molecule has 1 atom stereocenters. The van der Waals surface area contributed by atoms with Gasteiger partial charge in [0.15, 0.2) is 6.61 Å². The van der Waals surface area contributed by atoms with Gasteiger partial charge in [-0.2, -0.15) is 0 Å². The Kier molecular flexibility index (Phi) is 7.04. The highest BCUT2D eigenvalue weighted by Gasteiger charge is 2.17. The van der Waals surface area contributed by atoms with Crippen molar-refractivity contribution in [3.05, 3.63) is 65.7 Å². The molecule has 2 amide bonds. The monoisotopic (exact) mass is 374 g/mol. The molecule has 0 aliphatic rings. The maximum atomic E-state index is 12.1. The van der Waals surface area contributed by atoms with Gasteiger partial charge >= 0.3 is 5.97 Å². The van der Waals surface area contributed by atoms with Gasteiger partial charge in [0, 0.05) is 11.3 Å². The zero-order chi connectivity index (χ0) is 18.9. The predicted molar refractivity (Wildman–Crippen MR) is 95.7 cm³/mol. The highest BCUT2D eigenvalue weighted by Crippen LogP contribution is 2.15. The third-order valence-electron chi connectivity index (χ3n) is 3.30. The molecular weight excluding hydrogens is 356 g/mol. The van der Waals surface area contributed by atoms with Crippen LogP contribution in [0.15, 0.2) is 59.5 Å². The summed E-state index contributed by atoms with van der Waals surface area (Å²) < 4.78 is 16.9. The molecule has 8 heteroatoms. The van der Waals surface area contributed by atoms with E-state index in [1.807, 2.05) is 0 Å². The molecule has 0 bridgehead atoms. The van der Waals surface area contributed by atoms with Gasteiger partial charge in [0.1, 0.15) is 0 Å². The van der Waals surface area contributed by atoms with E-state index >= 15 is 0 Å². The quantitative estimate of drug-likeness (QED) is 0.588. The summed E-state index contributed by atoms with van der Waals surface area (Å²) in [7, 11) is -1.33. The first kappa shape index (κ1) is 19.3. The number of benzene rings is 2. The van der Waals surface area contributed by atoms with Crippen LogP contribution >= 0.6 is 0 Å². The number of esters is 1. The number of hydrogen-bond acceptors (Lipinski definition) is 5. The van der Waals surface area contributed by atoms with E-state index in [9.17, 15) is 18.6 Å². The normalized spacial score (nSPS) is 11.3. The smallest absolute Gasteiger partial charge is 0.339 e. The molecule has 0 spiro atoms. The van der Waals surface area contributed by atoms with Crippen molar-refractivity contribution in [3.63, 3.8) is 0 Å². The molecule has 7 nitrogen and oxygen atoms in total. The van der Waals surface area contributed by atoms with E-state index in [1.165, 1.54) is 6.07 Å². The van der Waals surface area contributed by atoms with Crippen LogP contribution in [0.4, 0.5) is 0 Å². The lowest BCUT2D eigenvalue weighted by molar-refractivity contribution is -0.125. The predicted octanol–water partition coefficient (Wildman–Crippen LogP) is 1.43. The van der Waals surface area contributed by atoms with Crippen molar-refractivity contribution in [2.45, 2.75) is 11.8 Å². The number of nitrogens with one attached hydrogen (secondary N) is 2. The highest BCUT2D eigenvalue weighted by atomic mass is 32.2. The number of hydrazine groups is 1. The van der Waals surface area contributed by atoms with Crippen molar-refractivity contribution in [2.75, 3.05) is 12.4 Å². The van der Waals surface area contributed by atoms with Gasteiger partial charge in [-0.25, -0.2) is 4.79 Å². The molecule has 136 valence electrons. The van der Waals surface area contributed by atoms with Gasteiger partial charge in [0.05, 0.1) is 21.3 Å². The third-order valence-corrected chi connectivity index (χ3v) is 4.67. The Morgan fingerprint density at radius 3 is 2.31 bits per heavy atom. The number of amides is 2. The Balaban J connectivity index is 1.87. The zero-order valence-electron chi connectivity index (χ0n) is 14.1. The SMILES string of the molecule is CC[S@](=O)c1ccccc1C(=O)OCC(=O)NNC(=O)c1ccccc1. The Hall–Kier alpha value is -3.00. The van der Waals surface area contributed by atoms with Crippen LogP contribution in [0.25, 0.3) is 0 Å². The van der Waals surface area contributed by atoms with E-state index in [4.69, 9.17) is 4.74 Å². The molecule has 0 unspecified atom stereocenters. The molecule has 26 heavy (non-hydrogen) atoms. The van der Waals surface area contributed by atoms with Crippen molar-refractivity contribution >= 4 is 28.6 Å². The average Bonchev–Trinajstić information content (AvgIpc) is 2.70. The third kappa shape index (κ3) is 5.25. The van der Waals surface area contributed by atoms with E-state index in [1.54, 1.807) is 55.5 Å². The van der Waals surface area contributed by atoms with Crippen LogP contribution < -0.4 is 10.9 Å². The first-order chi connectivity index (χ1) is 12.5. The van der Waals surface area contributed by atoms with Crippen molar-refractivity contribution in [3.8, 4) is 0 Å². The lowest BCUT2D eigenvalue weighted by Crippen LogP contribution is -2.43. The summed E-state index contributed by atoms with van der Waals surface area (Å²) in [5.74, 6) is -1.59. The number of carbonyl (C=O) groups excluding carboxylic acids is 3. The number of carbonyl (C=O) groups is 3. The van der Waals surface area contributed by atoms with Crippen LogP contribution in [-0.4, -0.2) is 34.4 Å². The number of hydrogen-bond donors (Lipinski definition) is 2. The first-order valence-corrected chi connectivity index (χ1v) is 9.13. The Bertz CT molecular complexity index is 823. The van der Waals surface area contributed by atoms with E-state index < -0.39 is 35.2 Å². The molecule has 0 saturated carbocycles. The van der Waals surface area contributed by atoms with Crippen LogP contribution in [0, 0.1) is 0 Å². The molecular formula is C18H18N2O5S. The van der Waals surface area contributed by atoms with E-state index in [2.05, 4.69) is 10.9 Å². The lowest BCUT2D eigenvalue weighted by atomic mass is 10.2. The van der Waals surface area contributed by atoms with Crippen LogP contribution in [0.5, 0.6) is 0 Å². The van der Waals surface area contributed by atoms with Gasteiger partial charge in [-0.05, 0) is 24.3 Å². The lowest BCUT2D eigenvalue weighted by Gasteiger charge is -2.10. The molecule has 0 radical (unpaired) electrons. The van der Waals surface area contributed by atoms with Crippen molar-refractivity contribution in [2.24, 2.45) is 0 Å². The van der Waals surface area contributed by atoms with Crippen LogP contribution in [-0.2, 0) is 20.3 Å². The van der Waals surface area contributed by atoms with Crippen LogP contribution in [0.2, 0.25) is 0 Å². The highest BCUT2D eigenvalue weighted by molar-refractivity contribution is 7.85. The molecule has 2 aromatic carbocycles. The van der Waals surface area contributed by atoms with Gasteiger partial charge in [0.25, 0.3) is 11.8 Å². The number of rotatable bonds is 6. The van der Waals surface area contributed by atoms with E-state index in [-0.39, 0.29) is 5.56 Å². The van der Waals surface area contributed by atoms with E-state index in [0.717, 1.165) is 0 Å². The van der Waals surface area contributed by atoms with Gasteiger partial charge in [0.2, 0.25) is 0 Å². The van der Waals surface area contributed by atoms with Gasteiger partial charge < -0.3 is 4.74 Å². The summed E-state index contributed by atoms with van der Waals surface area (Å²) in [4.78, 5) is 36.0. The second kappa shape index (κ2) is 9.47. The molecule has 0 heterocycles. The largest absolute Gasteiger partial charge is 0.452 e. The van der Waals surface area contributed by atoms with Crippen LogP contribution in [0.3, 0.4) is 0 Å². The minimum Gasteiger partial charge on any atom is -0.452 e. The average molecular weight is 374 g/mol. The maximum Gasteiger partial charge on any atom is 0.339 e. The van der Waals surface area contributed by atoms with Gasteiger partial charge in [-0.15, -0.1) is 0 Å². The summed E-state index contributed by atoms with van der Waals surface area (Å²) in [5, 5.41) is 0. The molecule has 0 aliphatic heterocycles. The van der Waals surface area contributed by atoms with Crippen LogP contribution in [0.1, 0.15) is 27.6 Å². The second-order valence-corrected chi connectivity index (χ2v) is 6.78. The molecule has 2 rings (SSSR count). The minimum absolute atomic E-state index is 0.147. The Morgan fingerprint density at radius 1 is 0.962 bits per heavy atom. The van der Waals surface area contributed by atoms with Crippen molar-refractivity contribution < 1.29 is 23.3 Å². The fraction of sp³-hybridized carbons (Fsp3) is 0.167. The van der Waals surface area contributed by atoms with Gasteiger partial charge in [-0.3, -0.25) is 24.6 Å². The molecule has 0 saturated heterocycles. The first-order valence-electron chi connectivity index (χ1n) is 7.81. The summed E-state index contributed by atoms with van der Waals surface area (Å²) in [6.45, 7) is 1.15. The molecule has 0 aromatic heterocycles. The molecule has 0 aliphatic carbocycles. The topological polar surface area (TPSA) is 102 Å². The van der Waals surface area contributed by atoms with Crippen molar-refractivity contribution in [1.29, 1.82) is 0 Å².